The molecule has 0 saturated heterocycles. The minimum absolute atomic E-state index is 0.00237. The molecule has 0 aromatic carbocycles. The topological polar surface area (TPSA) is 84.0 Å². The van der Waals surface area contributed by atoms with E-state index in [0.717, 1.165) is 30.5 Å². The van der Waals surface area contributed by atoms with Gasteiger partial charge in [-0.05, 0) is 68.4 Å². The molecular weight excluding hydrogens is 372 g/mol. The van der Waals surface area contributed by atoms with E-state index in [9.17, 15) is 9.59 Å². The van der Waals surface area contributed by atoms with Crippen LogP contribution in [0.15, 0.2) is 29.9 Å². The first-order chi connectivity index (χ1) is 13.6. The molecule has 146 valence electrons. The van der Waals surface area contributed by atoms with Gasteiger partial charge in [0, 0.05) is 28.8 Å². The lowest BCUT2D eigenvalue weighted by atomic mass is 9.49. The number of aromatic nitrogens is 2. The van der Waals surface area contributed by atoms with E-state index < -0.39 is 0 Å². The molecule has 4 aliphatic rings. The summed E-state index contributed by atoms with van der Waals surface area (Å²) in [6, 6.07) is 3.78. The number of anilines is 1. The van der Waals surface area contributed by atoms with Crippen molar-refractivity contribution in [2.75, 3.05) is 11.9 Å². The fourth-order valence-electron chi connectivity index (χ4n) is 5.88. The molecule has 2 aromatic heterocycles. The monoisotopic (exact) mass is 396 g/mol. The Hall–Kier alpha value is -2.28. The minimum atomic E-state index is -0.231. The van der Waals surface area contributed by atoms with E-state index in [4.69, 9.17) is 0 Å². The molecule has 0 spiro atoms. The van der Waals surface area contributed by atoms with Gasteiger partial charge in [-0.1, -0.05) is 0 Å². The van der Waals surface area contributed by atoms with Gasteiger partial charge in [-0.15, -0.1) is 11.3 Å². The number of amides is 2. The Balaban J connectivity index is 1.17. The third-order valence-electron chi connectivity index (χ3n) is 6.64. The molecule has 0 atom stereocenters. The predicted molar refractivity (Wildman–Crippen MR) is 108 cm³/mol. The Labute approximate surface area is 168 Å². The maximum Gasteiger partial charge on any atom is 0.245 e. The Morgan fingerprint density at radius 1 is 1.14 bits per heavy atom. The third kappa shape index (κ3) is 3.32. The predicted octanol–water partition coefficient (Wildman–Crippen LogP) is 3.48. The second-order valence-corrected chi connectivity index (χ2v) is 9.57. The average molecular weight is 397 g/mol. The Morgan fingerprint density at radius 2 is 1.86 bits per heavy atom. The molecule has 4 saturated carbocycles. The van der Waals surface area contributed by atoms with E-state index in [1.165, 1.54) is 30.6 Å². The normalized spacial score (nSPS) is 30.2. The van der Waals surface area contributed by atoms with Crippen LogP contribution in [0, 0.1) is 23.2 Å². The zero-order chi connectivity index (χ0) is 19.1. The van der Waals surface area contributed by atoms with Crippen molar-refractivity contribution in [2.24, 2.45) is 23.2 Å². The van der Waals surface area contributed by atoms with E-state index in [1.807, 2.05) is 17.5 Å². The van der Waals surface area contributed by atoms with Crippen molar-refractivity contribution in [3.63, 3.8) is 0 Å². The van der Waals surface area contributed by atoms with Crippen molar-refractivity contribution < 1.29 is 9.59 Å². The molecular formula is C21H24N4O2S. The van der Waals surface area contributed by atoms with Gasteiger partial charge < -0.3 is 10.6 Å². The highest BCUT2D eigenvalue weighted by Gasteiger charge is 2.54. The van der Waals surface area contributed by atoms with Crippen LogP contribution in [0.2, 0.25) is 0 Å². The van der Waals surface area contributed by atoms with Crippen LogP contribution >= 0.6 is 11.3 Å². The lowest BCUT2D eigenvalue weighted by Crippen LogP contribution is -2.54. The molecule has 4 bridgehead atoms. The van der Waals surface area contributed by atoms with Crippen molar-refractivity contribution >= 4 is 28.3 Å². The number of carbonyl (C=O) groups is 2. The lowest BCUT2D eigenvalue weighted by molar-refractivity contribution is -0.146. The largest absolute Gasteiger partial charge is 0.347 e. The Kier molecular flexibility index (Phi) is 4.42. The molecule has 4 fully saturated rings. The first-order valence-corrected chi connectivity index (χ1v) is 10.9. The van der Waals surface area contributed by atoms with Crippen LogP contribution in [-0.2, 0) is 9.59 Å². The molecule has 2 amide bonds. The summed E-state index contributed by atoms with van der Waals surface area (Å²) in [6.07, 6.45) is 10.4. The smallest absolute Gasteiger partial charge is 0.245 e. The first-order valence-electron chi connectivity index (χ1n) is 10.0. The van der Waals surface area contributed by atoms with Gasteiger partial charge in [0.05, 0.1) is 12.2 Å². The van der Waals surface area contributed by atoms with Crippen molar-refractivity contribution in [1.82, 2.24) is 15.3 Å². The summed E-state index contributed by atoms with van der Waals surface area (Å²) < 4.78 is 0. The maximum atomic E-state index is 12.9. The van der Waals surface area contributed by atoms with Crippen molar-refractivity contribution in [2.45, 2.75) is 38.5 Å². The van der Waals surface area contributed by atoms with Crippen LogP contribution in [0.1, 0.15) is 38.5 Å². The van der Waals surface area contributed by atoms with Crippen LogP contribution in [0.4, 0.5) is 5.13 Å². The van der Waals surface area contributed by atoms with Gasteiger partial charge in [-0.2, -0.15) is 0 Å². The van der Waals surface area contributed by atoms with E-state index in [1.54, 1.807) is 12.4 Å². The summed E-state index contributed by atoms with van der Waals surface area (Å²) in [5.41, 5.74) is 1.48. The van der Waals surface area contributed by atoms with Gasteiger partial charge in [0.25, 0.3) is 0 Å². The zero-order valence-corrected chi connectivity index (χ0v) is 16.5. The number of rotatable bonds is 5. The Bertz CT molecular complexity index is 860. The zero-order valence-electron chi connectivity index (χ0n) is 15.7. The molecule has 6 nitrogen and oxygen atoms in total. The van der Waals surface area contributed by atoms with Gasteiger partial charge in [-0.3, -0.25) is 14.6 Å². The van der Waals surface area contributed by atoms with E-state index in [0.29, 0.717) is 22.9 Å². The average Bonchev–Trinajstić information content (AvgIpc) is 3.14. The molecule has 2 N–H and O–H groups in total. The quantitative estimate of drug-likeness (QED) is 0.810. The molecule has 7 heteroatoms. The van der Waals surface area contributed by atoms with Gasteiger partial charge >= 0.3 is 0 Å². The third-order valence-corrected chi connectivity index (χ3v) is 7.39. The second kappa shape index (κ2) is 6.95. The van der Waals surface area contributed by atoms with Crippen LogP contribution in [-0.4, -0.2) is 28.3 Å². The van der Waals surface area contributed by atoms with Crippen molar-refractivity contribution in [3.05, 3.63) is 29.9 Å². The number of hydrogen-bond donors (Lipinski definition) is 2. The Morgan fingerprint density at radius 3 is 2.50 bits per heavy atom. The number of nitrogens with one attached hydrogen (secondary N) is 2. The number of nitrogens with zero attached hydrogens (tertiary/aromatic N) is 2. The highest BCUT2D eigenvalue weighted by molar-refractivity contribution is 7.14. The number of carbonyl (C=O) groups excluding carboxylic acids is 2. The van der Waals surface area contributed by atoms with E-state index in [-0.39, 0.29) is 23.8 Å². The number of thiazole rings is 1. The van der Waals surface area contributed by atoms with Crippen molar-refractivity contribution in [3.8, 4) is 11.3 Å². The van der Waals surface area contributed by atoms with Crippen LogP contribution < -0.4 is 10.6 Å². The molecule has 2 aromatic rings. The van der Waals surface area contributed by atoms with E-state index >= 15 is 0 Å². The van der Waals surface area contributed by atoms with Crippen LogP contribution in [0.5, 0.6) is 0 Å². The molecule has 0 aliphatic heterocycles. The first kappa shape index (κ1) is 17.8. The highest BCUT2D eigenvalue weighted by Crippen LogP contribution is 2.60. The SMILES string of the molecule is O=C(CNC(=O)C12CC3CC(CC(C3)C1)C2)Nc1nc(-c2cccnc2)cs1. The fourth-order valence-corrected chi connectivity index (χ4v) is 6.61. The molecule has 0 radical (unpaired) electrons. The van der Waals surface area contributed by atoms with Gasteiger partial charge in [0.1, 0.15) is 0 Å². The summed E-state index contributed by atoms with van der Waals surface area (Å²) in [5.74, 6) is 1.99. The standard InChI is InChI=1S/C21H24N4O2S/c26-18(25-20-24-17(12-28-20)16-2-1-3-22-10-16)11-23-19(27)21-7-13-4-14(8-21)6-15(5-13)9-21/h1-3,10,12-15H,4-9,11H2,(H,23,27)(H,24,25,26). The highest BCUT2D eigenvalue weighted by atomic mass is 32.1. The number of hydrogen-bond acceptors (Lipinski definition) is 5. The van der Waals surface area contributed by atoms with Crippen molar-refractivity contribution in [1.29, 1.82) is 0 Å². The molecule has 0 unspecified atom stereocenters. The molecule has 28 heavy (non-hydrogen) atoms. The van der Waals surface area contributed by atoms with Gasteiger partial charge in [0.2, 0.25) is 11.8 Å². The van der Waals surface area contributed by atoms with Crippen LogP contribution in [0.25, 0.3) is 11.3 Å². The fraction of sp³-hybridized carbons (Fsp3) is 0.524. The molecule has 6 rings (SSSR count). The second-order valence-electron chi connectivity index (χ2n) is 8.71. The molecule has 4 aliphatic carbocycles. The lowest BCUT2D eigenvalue weighted by Gasteiger charge is -2.55. The summed E-state index contributed by atoms with van der Waals surface area (Å²) in [4.78, 5) is 33.8. The van der Waals surface area contributed by atoms with Crippen LogP contribution in [0.3, 0.4) is 0 Å². The number of pyridine rings is 1. The van der Waals surface area contributed by atoms with Gasteiger partial charge in [0.15, 0.2) is 5.13 Å². The summed E-state index contributed by atoms with van der Waals surface area (Å²) in [5, 5.41) is 8.13. The van der Waals surface area contributed by atoms with E-state index in [2.05, 4.69) is 20.6 Å². The maximum absolute atomic E-state index is 12.9. The minimum Gasteiger partial charge on any atom is -0.347 e. The van der Waals surface area contributed by atoms with Gasteiger partial charge in [-0.25, -0.2) is 4.98 Å². The summed E-state index contributed by atoms with van der Waals surface area (Å²) >= 11 is 1.37. The molecule has 2 heterocycles. The summed E-state index contributed by atoms with van der Waals surface area (Å²) in [7, 11) is 0. The summed E-state index contributed by atoms with van der Waals surface area (Å²) in [6.45, 7) is 0.00237.